The summed E-state index contributed by atoms with van der Waals surface area (Å²) < 4.78 is 2.88. The van der Waals surface area contributed by atoms with Gasteiger partial charge in [-0.3, -0.25) is 9.59 Å². The Morgan fingerprint density at radius 3 is 2.53 bits per heavy atom. The van der Waals surface area contributed by atoms with Gasteiger partial charge in [-0.15, -0.1) is 4.73 Å². The van der Waals surface area contributed by atoms with Gasteiger partial charge in [0.15, 0.2) is 5.78 Å². The fourth-order valence-electron chi connectivity index (χ4n) is 4.74. The molecule has 0 N–H and O–H groups in total. The summed E-state index contributed by atoms with van der Waals surface area (Å²) in [6.07, 6.45) is 2.71. The van der Waals surface area contributed by atoms with Gasteiger partial charge in [0.25, 0.3) is 11.5 Å². The Balaban J connectivity index is 1.57. The third-order valence-electron chi connectivity index (χ3n) is 6.30. The van der Waals surface area contributed by atoms with E-state index in [2.05, 4.69) is 31.1 Å². The maximum Gasteiger partial charge on any atom is 0.296 e. The van der Waals surface area contributed by atoms with Gasteiger partial charge in [0.05, 0.1) is 27.9 Å². The third-order valence-corrected chi connectivity index (χ3v) is 6.30. The molecule has 0 amide bonds. The van der Waals surface area contributed by atoms with Crippen molar-refractivity contribution >= 4 is 16.7 Å². The molecule has 0 saturated heterocycles. The van der Waals surface area contributed by atoms with Crippen molar-refractivity contribution in [2.45, 2.75) is 46.5 Å². The Labute approximate surface area is 198 Å². The van der Waals surface area contributed by atoms with Crippen molar-refractivity contribution in [3.63, 3.8) is 0 Å². The highest BCUT2D eigenvalue weighted by molar-refractivity contribution is 5.99. The lowest BCUT2D eigenvalue weighted by atomic mass is 9.75. The SMILES string of the molecule is Cc1nn(-c2nc3ccccc3c(=O)n2OCCCc2ccccc2)c2c1C(=O)CC(C)(C)C2. The lowest BCUT2D eigenvalue weighted by Gasteiger charge is -2.29. The Morgan fingerprint density at radius 2 is 1.74 bits per heavy atom. The van der Waals surface area contributed by atoms with E-state index in [1.807, 2.05) is 37.3 Å². The first kappa shape index (κ1) is 22.1. The molecule has 2 aromatic carbocycles. The molecule has 2 aromatic heterocycles. The van der Waals surface area contributed by atoms with Crippen LogP contribution in [-0.2, 0) is 12.8 Å². The maximum atomic E-state index is 13.4. The van der Waals surface area contributed by atoms with Crippen LogP contribution in [0, 0.1) is 12.3 Å². The van der Waals surface area contributed by atoms with Crippen LogP contribution in [0.5, 0.6) is 0 Å². The first-order valence-electron chi connectivity index (χ1n) is 11.7. The lowest BCUT2D eigenvalue weighted by molar-refractivity contribution is 0.0903. The molecule has 0 unspecified atom stereocenters. The molecule has 0 fully saturated rings. The molecule has 0 radical (unpaired) electrons. The number of Topliss-reactive ketones (excluding diaryl/α,β-unsaturated/α-hetero) is 1. The average Bonchev–Trinajstić information content (AvgIpc) is 3.13. The summed E-state index contributed by atoms with van der Waals surface area (Å²) in [5, 5.41) is 5.13. The Kier molecular flexibility index (Phi) is 5.55. The number of para-hydroxylation sites is 1. The van der Waals surface area contributed by atoms with Gasteiger partial charge in [0.2, 0.25) is 0 Å². The van der Waals surface area contributed by atoms with Gasteiger partial charge in [-0.2, -0.15) is 5.10 Å². The summed E-state index contributed by atoms with van der Waals surface area (Å²) in [7, 11) is 0. The Morgan fingerprint density at radius 1 is 1.00 bits per heavy atom. The molecule has 34 heavy (non-hydrogen) atoms. The van der Waals surface area contributed by atoms with Gasteiger partial charge in [0, 0.05) is 6.42 Å². The van der Waals surface area contributed by atoms with E-state index >= 15 is 0 Å². The van der Waals surface area contributed by atoms with Gasteiger partial charge in [0.1, 0.15) is 6.61 Å². The first-order chi connectivity index (χ1) is 16.3. The largest absolute Gasteiger partial charge is 0.407 e. The maximum absolute atomic E-state index is 13.4. The van der Waals surface area contributed by atoms with Crippen LogP contribution in [0.1, 0.15) is 54.0 Å². The topological polar surface area (TPSA) is 79.0 Å². The van der Waals surface area contributed by atoms with Crippen LogP contribution < -0.4 is 10.4 Å². The number of ketones is 1. The number of carbonyl (C=O) groups excluding carboxylic acids is 1. The van der Waals surface area contributed by atoms with E-state index in [-0.39, 0.29) is 22.7 Å². The quantitative estimate of drug-likeness (QED) is 0.408. The van der Waals surface area contributed by atoms with Crippen molar-refractivity contribution in [3.05, 3.63) is 87.5 Å². The summed E-state index contributed by atoms with van der Waals surface area (Å²) in [6.45, 7) is 6.31. The zero-order valence-corrected chi connectivity index (χ0v) is 19.7. The van der Waals surface area contributed by atoms with Gasteiger partial charge in [-0.1, -0.05) is 56.3 Å². The van der Waals surface area contributed by atoms with Crippen LogP contribution in [0.2, 0.25) is 0 Å². The molecule has 2 heterocycles. The van der Waals surface area contributed by atoms with E-state index in [9.17, 15) is 9.59 Å². The van der Waals surface area contributed by atoms with Crippen molar-refractivity contribution in [3.8, 4) is 5.95 Å². The van der Waals surface area contributed by atoms with Gasteiger partial charge < -0.3 is 4.84 Å². The highest BCUT2D eigenvalue weighted by Gasteiger charge is 2.36. The van der Waals surface area contributed by atoms with E-state index < -0.39 is 0 Å². The predicted octanol–water partition coefficient (Wildman–Crippen LogP) is 4.11. The van der Waals surface area contributed by atoms with E-state index in [0.717, 1.165) is 18.5 Å². The number of aryl methyl sites for hydroxylation is 2. The summed E-state index contributed by atoms with van der Waals surface area (Å²) in [4.78, 5) is 37.1. The van der Waals surface area contributed by atoms with E-state index in [0.29, 0.717) is 41.6 Å². The number of rotatable bonds is 6. The zero-order valence-electron chi connectivity index (χ0n) is 19.7. The molecular formula is C27H28N4O3. The van der Waals surface area contributed by atoms with Crippen molar-refractivity contribution < 1.29 is 9.63 Å². The number of carbonyl (C=O) groups is 1. The summed E-state index contributed by atoms with van der Waals surface area (Å²) >= 11 is 0. The van der Waals surface area contributed by atoms with Crippen molar-refractivity contribution in [2.24, 2.45) is 5.41 Å². The Hall–Kier alpha value is -3.74. The minimum atomic E-state index is -0.288. The predicted molar refractivity (Wildman–Crippen MR) is 131 cm³/mol. The molecule has 5 rings (SSSR count). The molecule has 0 aliphatic heterocycles. The van der Waals surface area contributed by atoms with Crippen molar-refractivity contribution in [1.29, 1.82) is 0 Å². The molecule has 7 heteroatoms. The average molecular weight is 457 g/mol. The number of benzene rings is 2. The van der Waals surface area contributed by atoms with Crippen molar-refractivity contribution in [1.82, 2.24) is 19.5 Å². The normalized spacial score (nSPS) is 14.9. The summed E-state index contributed by atoms with van der Waals surface area (Å²) in [5.41, 5.74) is 3.35. The zero-order chi connectivity index (χ0) is 23.9. The second-order valence-electron chi connectivity index (χ2n) is 9.71. The molecule has 7 nitrogen and oxygen atoms in total. The standard InChI is InChI=1S/C27H28N4O3/c1-18-24-22(16-27(2,3)17-23(24)32)30(29-18)26-28-21-14-8-7-13-20(21)25(33)31(26)34-15-9-12-19-10-5-4-6-11-19/h4-8,10-11,13-14H,9,12,15-17H2,1-3H3. The van der Waals surface area contributed by atoms with Gasteiger partial charge >= 0.3 is 0 Å². The monoisotopic (exact) mass is 456 g/mol. The molecule has 1 aliphatic carbocycles. The van der Waals surface area contributed by atoms with E-state index in [1.165, 1.54) is 10.3 Å². The number of aromatic nitrogens is 4. The van der Waals surface area contributed by atoms with E-state index in [1.54, 1.807) is 16.8 Å². The third kappa shape index (κ3) is 4.02. The van der Waals surface area contributed by atoms with Gasteiger partial charge in [-0.25, -0.2) is 9.67 Å². The minimum absolute atomic E-state index is 0.0773. The van der Waals surface area contributed by atoms with Gasteiger partial charge in [-0.05, 0) is 49.3 Å². The molecule has 0 bridgehead atoms. The first-order valence-corrected chi connectivity index (χ1v) is 11.7. The van der Waals surface area contributed by atoms with Crippen LogP contribution in [-0.4, -0.2) is 31.9 Å². The van der Waals surface area contributed by atoms with Crippen LogP contribution in [0.3, 0.4) is 0 Å². The number of hydrogen-bond donors (Lipinski definition) is 0. The molecule has 0 atom stereocenters. The van der Waals surface area contributed by atoms with Crippen LogP contribution >= 0.6 is 0 Å². The molecule has 1 aliphatic rings. The van der Waals surface area contributed by atoms with Crippen LogP contribution in [0.15, 0.2) is 59.4 Å². The second-order valence-corrected chi connectivity index (χ2v) is 9.71. The second kappa shape index (κ2) is 8.56. The smallest absolute Gasteiger partial charge is 0.296 e. The molecule has 4 aromatic rings. The molecule has 0 saturated carbocycles. The van der Waals surface area contributed by atoms with Crippen LogP contribution in [0.4, 0.5) is 0 Å². The highest BCUT2D eigenvalue weighted by Crippen LogP contribution is 2.36. The lowest BCUT2D eigenvalue weighted by Crippen LogP contribution is -2.34. The minimum Gasteiger partial charge on any atom is -0.407 e. The van der Waals surface area contributed by atoms with Crippen molar-refractivity contribution in [2.75, 3.05) is 6.61 Å². The highest BCUT2D eigenvalue weighted by atomic mass is 16.7. The van der Waals surface area contributed by atoms with Crippen LogP contribution in [0.25, 0.3) is 16.9 Å². The summed E-state index contributed by atoms with van der Waals surface area (Å²) in [6, 6.07) is 17.4. The number of hydrogen-bond acceptors (Lipinski definition) is 5. The summed E-state index contributed by atoms with van der Waals surface area (Å²) in [5.74, 6) is 0.353. The Bertz CT molecular complexity index is 1430. The number of fused-ring (bicyclic) bond motifs is 2. The van der Waals surface area contributed by atoms with E-state index in [4.69, 9.17) is 9.82 Å². The molecule has 0 spiro atoms. The molecule has 174 valence electrons. The fourth-order valence-corrected chi connectivity index (χ4v) is 4.74. The molecular weight excluding hydrogens is 428 g/mol. The number of nitrogens with zero attached hydrogens (tertiary/aromatic N) is 4. The fraction of sp³-hybridized carbons (Fsp3) is 0.333.